The summed E-state index contributed by atoms with van der Waals surface area (Å²) in [7, 11) is 0. The lowest BCUT2D eigenvalue weighted by molar-refractivity contribution is 0.171. The van der Waals surface area contributed by atoms with Crippen LogP contribution in [0.2, 0.25) is 0 Å². The summed E-state index contributed by atoms with van der Waals surface area (Å²) in [4.78, 5) is 16.0. The number of hydrogen-bond acceptors (Lipinski definition) is 4. The molecule has 23 heavy (non-hydrogen) atoms. The molecular formula is C17H19N3O3. The molecule has 6 nitrogen and oxygen atoms in total. The number of hydrogen-bond donors (Lipinski definition) is 2. The molecule has 0 fully saturated rings. The summed E-state index contributed by atoms with van der Waals surface area (Å²) in [6.45, 7) is 2.11. The van der Waals surface area contributed by atoms with Crippen LogP contribution < -0.4 is 20.1 Å². The van der Waals surface area contributed by atoms with E-state index in [9.17, 15) is 4.79 Å². The van der Waals surface area contributed by atoms with Crippen molar-refractivity contribution in [2.75, 3.05) is 19.8 Å². The number of ether oxygens (including phenoxy) is 2. The smallest absolute Gasteiger partial charge is 0.315 e. The van der Waals surface area contributed by atoms with Crippen molar-refractivity contribution in [1.82, 2.24) is 15.6 Å². The highest BCUT2D eigenvalue weighted by Crippen LogP contribution is 2.30. The number of aromatic nitrogens is 1. The Hall–Kier alpha value is -2.76. The zero-order valence-electron chi connectivity index (χ0n) is 12.7. The summed E-state index contributed by atoms with van der Waals surface area (Å²) in [6, 6.07) is 11.2. The van der Waals surface area contributed by atoms with Gasteiger partial charge < -0.3 is 20.1 Å². The van der Waals surface area contributed by atoms with Crippen molar-refractivity contribution < 1.29 is 14.3 Å². The number of carbonyl (C=O) groups is 1. The van der Waals surface area contributed by atoms with Gasteiger partial charge >= 0.3 is 6.03 Å². The predicted molar refractivity (Wildman–Crippen MR) is 85.6 cm³/mol. The molecule has 0 aliphatic carbocycles. The quantitative estimate of drug-likeness (QED) is 0.884. The number of fused-ring (bicyclic) bond motifs is 1. The van der Waals surface area contributed by atoms with E-state index >= 15 is 0 Å². The van der Waals surface area contributed by atoms with Gasteiger partial charge in [0.05, 0.1) is 0 Å². The highest BCUT2D eigenvalue weighted by atomic mass is 16.6. The van der Waals surface area contributed by atoms with Gasteiger partial charge in [0.25, 0.3) is 0 Å². The van der Waals surface area contributed by atoms with Gasteiger partial charge in [-0.2, -0.15) is 0 Å². The number of nitrogens with one attached hydrogen (secondary N) is 2. The van der Waals surface area contributed by atoms with Crippen LogP contribution in [0.25, 0.3) is 0 Å². The Bertz CT molecular complexity index is 661. The molecule has 3 rings (SSSR count). The standard InChI is InChI=1S/C17H19N3O3/c21-17(19-8-6-14-3-1-2-7-18-14)20-12-13-4-5-15-16(11-13)23-10-9-22-15/h1-5,7,11H,6,8-10,12H2,(H2,19,20,21). The molecule has 0 saturated heterocycles. The number of benzene rings is 1. The van der Waals surface area contributed by atoms with E-state index in [2.05, 4.69) is 15.6 Å². The fourth-order valence-corrected chi connectivity index (χ4v) is 2.29. The second kappa shape index (κ2) is 7.49. The summed E-state index contributed by atoms with van der Waals surface area (Å²) in [5.41, 5.74) is 1.92. The first-order chi connectivity index (χ1) is 11.3. The van der Waals surface area contributed by atoms with E-state index < -0.39 is 0 Å². The fraction of sp³-hybridized carbons (Fsp3) is 0.294. The Labute approximate surface area is 134 Å². The minimum Gasteiger partial charge on any atom is -0.486 e. The topological polar surface area (TPSA) is 72.5 Å². The van der Waals surface area contributed by atoms with Crippen LogP contribution in [-0.2, 0) is 13.0 Å². The highest BCUT2D eigenvalue weighted by molar-refractivity contribution is 5.73. The second-order valence-electron chi connectivity index (χ2n) is 5.16. The molecular weight excluding hydrogens is 294 g/mol. The highest BCUT2D eigenvalue weighted by Gasteiger charge is 2.11. The normalized spacial score (nSPS) is 12.5. The fourth-order valence-electron chi connectivity index (χ4n) is 2.29. The summed E-state index contributed by atoms with van der Waals surface area (Å²) in [5, 5.41) is 5.64. The molecule has 120 valence electrons. The number of nitrogens with zero attached hydrogens (tertiary/aromatic N) is 1. The molecule has 0 radical (unpaired) electrons. The van der Waals surface area contributed by atoms with Crippen molar-refractivity contribution in [3.05, 3.63) is 53.9 Å². The summed E-state index contributed by atoms with van der Waals surface area (Å²) < 4.78 is 11.0. The molecule has 0 bridgehead atoms. The van der Waals surface area contributed by atoms with Crippen LogP contribution in [-0.4, -0.2) is 30.8 Å². The lowest BCUT2D eigenvalue weighted by Crippen LogP contribution is -2.36. The van der Waals surface area contributed by atoms with Crippen molar-refractivity contribution >= 4 is 6.03 Å². The Kier molecular flexibility index (Phi) is 4.93. The van der Waals surface area contributed by atoms with Gasteiger partial charge in [0.15, 0.2) is 11.5 Å². The van der Waals surface area contributed by atoms with Crippen LogP contribution >= 0.6 is 0 Å². The lowest BCUT2D eigenvalue weighted by Gasteiger charge is -2.19. The van der Waals surface area contributed by atoms with Crippen LogP contribution in [0.4, 0.5) is 4.79 Å². The molecule has 1 aliphatic rings. The Morgan fingerprint density at radius 1 is 1.09 bits per heavy atom. The van der Waals surface area contributed by atoms with Gasteiger partial charge in [0.1, 0.15) is 13.2 Å². The second-order valence-corrected chi connectivity index (χ2v) is 5.16. The molecule has 1 aromatic heterocycles. The first-order valence-corrected chi connectivity index (χ1v) is 7.61. The molecule has 0 spiro atoms. The van der Waals surface area contributed by atoms with Crippen molar-refractivity contribution in [2.24, 2.45) is 0 Å². The van der Waals surface area contributed by atoms with E-state index in [1.165, 1.54) is 0 Å². The number of urea groups is 1. The van der Waals surface area contributed by atoms with Crippen LogP contribution in [0.5, 0.6) is 11.5 Å². The number of carbonyl (C=O) groups excluding carboxylic acids is 1. The zero-order valence-corrected chi connectivity index (χ0v) is 12.7. The van der Waals surface area contributed by atoms with Crippen molar-refractivity contribution in [3.8, 4) is 11.5 Å². The first kappa shape index (κ1) is 15.1. The van der Waals surface area contributed by atoms with E-state index in [0.717, 1.165) is 22.8 Å². The minimum atomic E-state index is -0.198. The van der Waals surface area contributed by atoms with Gasteiger partial charge in [0.2, 0.25) is 0 Å². The molecule has 2 amide bonds. The van der Waals surface area contributed by atoms with E-state index in [1.54, 1.807) is 6.20 Å². The van der Waals surface area contributed by atoms with Gasteiger partial charge in [-0.25, -0.2) is 4.79 Å². The average molecular weight is 313 g/mol. The van der Waals surface area contributed by atoms with Gasteiger partial charge in [-0.05, 0) is 29.8 Å². The number of amides is 2. The molecule has 0 unspecified atom stereocenters. The Balaban J connectivity index is 1.42. The molecule has 2 aromatic rings. The van der Waals surface area contributed by atoms with Crippen LogP contribution in [0.15, 0.2) is 42.6 Å². The maximum absolute atomic E-state index is 11.8. The molecule has 0 saturated carbocycles. The molecule has 1 aromatic carbocycles. The van der Waals surface area contributed by atoms with Gasteiger partial charge in [-0.1, -0.05) is 12.1 Å². The van der Waals surface area contributed by atoms with Crippen LogP contribution in [0, 0.1) is 0 Å². The van der Waals surface area contributed by atoms with E-state index in [4.69, 9.17) is 9.47 Å². The first-order valence-electron chi connectivity index (χ1n) is 7.61. The monoisotopic (exact) mass is 313 g/mol. The van der Waals surface area contributed by atoms with Crippen molar-refractivity contribution in [2.45, 2.75) is 13.0 Å². The number of pyridine rings is 1. The summed E-state index contributed by atoms with van der Waals surface area (Å²) >= 11 is 0. The summed E-state index contributed by atoms with van der Waals surface area (Å²) in [6.07, 6.45) is 2.45. The largest absolute Gasteiger partial charge is 0.486 e. The molecule has 6 heteroatoms. The number of rotatable bonds is 5. The maximum atomic E-state index is 11.8. The van der Waals surface area contributed by atoms with Gasteiger partial charge in [0, 0.05) is 31.4 Å². The third kappa shape index (κ3) is 4.35. The third-order valence-corrected chi connectivity index (χ3v) is 3.45. The Morgan fingerprint density at radius 3 is 2.78 bits per heavy atom. The summed E-state index contributed by atoms with van der Waals surface area (Å²) in [5.74, 6) is 1.48. The molecule has 1 aliphatic heterocycles. The van der Waals surface area contributed by atoms with E-state index in [-0.39, 0.29) is 6.03 Å². The van der Waals surface area contributed by atoms with Crippen molar-refractivity contribution in [3.63, 3.8) is 0 Å². The minimum absolute atomic E-state index is 0.198. The van der Waals surface area contributed by atoms with Crippen molar-refractivity contribution in [1.29, 1.82) is 0 Å². The zero-order chi connectivity index (χ0) is 15.9. The van der Waals surface area contributed by atoms with E-state index in [0.29, 0.717) is 32.7 Å². The van der Waals surface area contributed by atoms with Crippen LogP contribution in [0.3, 0.4) is 0 Å². The molecule has 2 heterocycles. The van der Waals surface area contributed by atoms with E-state index in [1.807, 2.05) is 36.4 Å². The lowest BCUT2D eigenvalue weighted by atomic mass is 10.2. The predicted octanol–water partition coefficient (Wildman–Crippen LogP) is 1.89. The Morgan fingerprint density at radius 2 is 1.96 bits per heavy atom. The molecule has 2 N–H and O–H groups in total. The third-order valence-electron chi connectivity index (χ3n) is 3.45. The van der Waals surface area contributed by atoms with Gasteiger partial charge in [-0.15, -0.1) is 0 Å². The maximum Gasteiger partial charge on any atom is 0.315 e. The van der Waals surface area contributed by atoms with Gasteiger partial charge in [-0.3, -0.25) is 4.98 Å². The SMILES string of the molecule is O=C(NCCc1ccccn1)NCc1ccc2c(c1)OCCO2. The average Bonchev–Trinajstić information content (AvgIpc) is 2.61. The molecule has 0 atom stereocenters. The van der Waals surface area contributed by atoms with Crippen LogP contribution in [0.1, 0.15) is 11.3 Å².